The summed E-state index contributed by atoms with van der Waals surface area (Å²) in [7, 11) is -2.78. The third-order valence-electron chi connectivity index (χ3n) is 9.15. The van der Waals surface area contributed by atoms with Gasteiger partial charge in [0.15, 0.2) is 0 Å². The highest BCUT2D eigenvalue weighted by Crippen LogP contribution is 2.34. The van der Waals surface area contributed by atoms with Crippen molar-refractivity contribution in [1.29, 1.82) is 0 Å². The molecule has 1 aliphatic rings. The molecule has 4 aromatic rings. The number of sulfonamides is 1. The van der Waals surface area contributed by atoms with E-state index >= 15 is 0 Å². The third-order valence-corrected chi connectivity index (χ3v) is 10.9. The molecule has 5 rings (SSSR count). The molecule has 0 spiro atoms. The van der Waals surface area contributed by atoms with Crippen molar-refractivity contribution in [1.82, 2.24) is 10.2 Å². The van der Waals surface area contributed by atoms with Gasteiger partial charge in [0.25, 0.3) is 10.0 Å². The van der Waals surface area contributed by atoms with E-state index in [0.29, 0.717) is 5.75 Å². The van der Waals surface area contributed by atoms with Crippen molar-refractivity contribution in [2.75, 3.05) is 18.0 Å². The Hall–Kier alpha value is -4.63. The summed E-state index contributed by atoms with van der Waals surface area (Å²) in [5.74, 6) is -0.423. The standard InChI is InChI=1S/C40H47N3O5S/c1-29-18-21-35(22-19-29)49(46,47)43(36-25-31(3)20-23-38(36)48-4)28-39(44)42(27-33-15-11-12-30(2)24-33)37(26-32-13-7-5-8-14-32)40(45)41-34-16-9-6-10-17-34/h5,7-8,11-15,18-25,34,37H,6,9-10,16-17,26-28H2,1-4H3,(H,41,45). The Morgan fingerprint density at radius 3 is 2.12 bits per heavy atom. The van der Waals surface area contributed by atoms with Crippen molar-refractivity contribution in [2.24, 2.45) is 0 Å². The Morgan fingerprint density at radius 1 is 0.796 bits per heavy atom. The lowest BCUT2D eigenvalue weighted by Crippen LogP contribution is -2.55. The molecule has 1 unspecified atom stereocenters. The van der Waals surface area contributed by atoms with Crippen LogP contribution in [0.3, 0.4) is 0 Å². The smallest absolute Gasteiger partial charge is 0.264 e. The quantitative estimate of drug-likeness (QED) is 0.166. The minimum absolute atomic E-state index is 0.0328. The minimum atomic E-state index is -4.25. The van der Waals surface area contributed by atoms with Crippen molar-refractivity contribution in [3.05, 3.63) is 125 Å². The van der Waals surface area contributed by atoms with E-state index < -0.39 is 28.5 Å². The summed E-state index contributed by atoms with van der Waals surface area (Å²) in [4.78, 5) is 30.8. The van der Waals surface area contributed by atoms with Gasteiger partial charge in [0, 0.05) is 19.0 Å². The first-order valence-corrected chi connectivity index (χ1v) is 18.4. The number of rotatable bonds is 13. The fourth-order valence-corrected chi connectivity index (χ4v) is 7.87. The molecule has 258 valence electrons. The molecule has 9 heteroatoms. The molecule has 0 aliphatic heterocycles. The maximum absolute atomic E-state index is 14.9. The molecule has 2 amide bonds. The lowest BCUT2D eigenvalue weighted by molar-refractivity contribution is -0.140. The predicted octanol–water partition coefficient (Wildman–Crippen LogP) is 6.90. The van der Waals surface area contributed by atoms with Crippen molar-refractivity contribution < 1.29 is 22.7 Å². The molecule has 0 saturated heterocycles. The van der Waals surface area contributed by atoms with Crippen LogP contribution >= 0.6 is 0 Å². The fourth-order valence-electron chi connectivity index (χ4n) is 6.45. The van der Waals surface area contributed by atoms with Crippen LogP contribution in [-0.2, 0) is 32.6 Å². The van der Waals surface area contributed by atoms with Gasteiger partial charge < -0.3 is 15.0 Å². The Bertz CT molecular complexity index is 1840. The molecule has 1 aliphatic carbocycles. The zero-order valence-corrected chi connectivity index (χ0v) is 29.7. The number of anilines is 1. The second kappa shape index (κ2) is 16.2. The number of benzene rings is 4. The first-order valence-electron chi connectivity index (χ1n) is 17.0. The van der Waals surface area contributed by atoms with E-state index in [4.69, 9.17) is 4.74 Å². The van der Waals surface area contributed by atoms with E-state index in [1.165, 1.54) is 7.11 Å². The molecule has 1 N–H and O–H groups in total. The third kappa shape index (κ3) is 9.09. The van der Waals surface area contributed by atoms with E-state index in [0.717, 1.165) is 64.2 Å². The molecule has 1 atom stereocenters. The zero-order chi connectivity index (χ0) is 35.0. The molecule has 1 fully saturated rings. The van der Waals surface area contributed by atoms with Crippen molar-refractivity contribution in [3.63, 3.8) is 0 Å². The summed E-state index contributed by atoms with van der Waals surface area (Å²) in [5.41, 5.74) is 4.72. The van der Waals surface area contributed by atoms with Crippen LogP contribution in [0.15, 0.2) is 102 Å². The first-order chi connectivity index (χ1) is 23.5. The molecule has 8 nitrogen and oxygen atoms in total. The van der Waals surface area contributed by atoms with Crippen molar-refractivity contribution in [3.8, 4) is 5.75 Å². The lowest BCUT2D eigenvalue weighted by Gasteiger charge is -2.35. The summed E-state index contributed by atoms with van der Waals surface area (Å²) >= 11 is 0. The van der Waals surface area contributed by atoms with Crippen LogP contribution in [0.2, 0.25) is 0 Å². The van der Waals surface area contributed by atoms with Gasteiger partial charge in [-0.25, -0.2) is 8.42 Å². The minimum Gasteiger partial charge on any atom is -0.495 e. The summed E-state index contributed by atoms with van der Waals surface area (Å²) in [6, 6.07) is 28.4. The van der Waals surface area contributed by atoms with E-state index in [2.05, 4.69) is 5.32 Å². The molecule has 0 aromatic heterocycles. The highest BCUT2D eigenvalue weighted by Gasteiger charge is 2.36. The normalized spacial score (nSPS) is 14.1. The summed E-state index contributed by atoms with van der Waals surface area (Å²) < 4.78 is 35.7. The highest BCUT2D eigenvalue weighted by molar-refractivity contribution is 7.92. The van der Waals surface area contributed by atoms with Gasteiger partial charge in [-0.1, -0.05) is 103 Å². The lowest BCUT2D eigenvalue weighted by atomic mass is 9.94. The number of amides is 2. The maximum Gasteiger partial charge on any atom is 0.264 e. The molecule has 1 saturated carbocycles. The number of hydrogen-bond donors (Lipinski definition) is 1. The largest absolute Gasteiger partial charge is 0.495 e. The molecule has 49 heavy (non-hydrogen) atoms. The topological polar surface area (TPSA) is 96.0 Å². The summed E-state index contributed by atoms with van der Waals surface area (Å²) in [6.07, 6.45) is 5.30. The van der Waals surface area contributed by atoms with E-state index in [9.17, 15) is 18.0 Å². The molecule has 0 bridgehead atoms. The predicted molar refractivity (Wildman–Crippen MR) is 194 cm³/mol. The van der Waals surface area contributed by atoms with Gasteiger partial charge >= 0.3 is 0 Å². The Labute approximate surface area is 291 Å². The number of hydrogen-bond acceptors (Lipinski definition) is 5. The molecule has 0 radical (unpaired) electrons. The van der Waals surface area contributed by atoms with Crippen LogP contribution in [0.5, 0.6) is 5.75 Å². The second-order valence-corrected chi connectivity index (χ2v) is 14.9. The zero-order valence-electron chi connectivity index (χ0n) is 28.9. The molecular weight excluding hydrogens is 635 g/mol. The van der Waals surface area contributed by atoms with Gasteiger partial charge in [0.05, 0.1) is 17.7 Å². The molecule has 0 heterocycles. The van der Waals surface area contributed by atoms with E-state index in [-0.39, 0.29) is 35.5 Å². The van der Waals surface area contributed by atoms with Gasteiger partial charge in [-0.15, -0.1) is 0 Å². The highest BCUT2D eigenvalue weighted by atomic mass is 32.2. The van der Waals surface area contributed by atoms with Crippen molar-refractivity contribution in [2.45, 2.75) is 82.8 Å². The van der Waals surface area contributed by atoms with Gasteiger partial charge in [0.2, 0.25) is 11.8 Å². The second-order valence-electron chi connectivity index (χ2n) is 13.1. The maximum atomic E-state index is 14.9. The number of nitrogens with zero attached hydrogens (tertiary/aromatic N) is 2. The van der Waals surface area contributed by atoms with Crippen LogP contribution < -0.4 is 14.4 Å². The van der Waals surface area contributed by atoms with Gasteiger partial charge in [-0.05, 0) is 74.6 Å². The molecule has 4 aromatic carbocycles. The monoisotopic (exact) mass is 681 g/mol. The Kier molecular flexibility index (Phi) is 11.8. The van der Waals surface area contributed by atoms with Gasteiger partial charge in [0.1, 0.15) is 18.3 Å². The van der Waals surface area contributed by atoms with Crippen LogP contribution in [0.4, 0.5) is 5.69 Å². The van der Waals surface area contributed by atoms with E-state index in [1.807, 2.05) is 81.4 Å². The SMILES string of the molecule is COc1ccc(C)cc1N(CC(=O)N(Cc1cccc(C)c1)C(Cc1ccccc1)C(=O)NC1CCCCC1)S(=O)(=O)c1ccc(C)cc1. The Morgan fingerprint density at radius 2 is 1.45 bits per heavy atom. The number of nitrogens with one attached hydrogen (secondary N) is 1. The number of ether oxygens (including phenoxy) is 1. The molecular formula is C40H47N3O5S. The van der Waals surface area contributed by atoms with Crippen LogP contribution in [0.25, 0.3) is 0 Å². The fraction of sp³-hybridized carbons (Fsp3) is 0.350. The van der Waals surface area contributed by atoms with E-state index in [1.54, 1.807) is 41.3 Å². The number of carbonyl (C=O) groups excluding carboxylic acids is 2. The van der Waals surface area contributed by atoms with Crippen LogP contribution in [0.1, 0.15) is 59.9 Å². The number of methoxy groups -OCH3 is 1. The van der Waals surface area contributed by atoms with Crippen LogP contribution in [0, 0.1) is 20.8 Å². The summed E-state index contributed by atoms with van der Waals surface area (Å²) in [5, 5.41) is 3.26. The van der Waals surface area contributed by atoms with Gasteiger partial charge in [-0.2, -0.15) is 0 Å². The number of aryl methyl sites for hydroxylation is 3. The number of carbonyl (C=O) groups is 2. The average molecular weight is 682 g/mol. The summed E-state index contributed by atoms with van der Waals surface area (Å²) in [6.45, 7) is 5.31. The van der Waals surface area contributed by atoms with Crippen LogP contribution in [-0.4, -0.2) is 50.9 Å². The van der Waals surface area contributed by atoms with Crippen molar-refractivity contribution >= 4 is 27.5 Å². The first kappa shape index (κ1) is 35.7. The van der Waals surface area contributed by atoms with Gasteiger partial charge in [-0.3, -0.25) is 13.9 Å². The Balaban J connectivity index is 1.60. The average Bonchev–Trinajstić information content (AvgIpc) is 3.09.